The molecule has 1 saturated heterocycles. The number of rotatable bonds is 0. The molecule has 0 spiro atoms. The quantitative estimate of drug-likeness (QED) is 0.453. The summed E-state index contributed by atoms with van der Waals surface area (Å²) in [7, 11) is 3.14. The van der Waals surface area contributed by atoms with Crippen LogP contribution >= 0.6 is 0 Å². The van der Waals surface area contributed by atoms with Gasteiger partial charge in [0.2, 0.25) is 0 Å². The van der Waals surface area contributed by atoms with Gasteiger partial charge in [-0.25, -0.2) is 0 Å². The predicted molar refractivity (Wildman–Crippen MR) is 46.1 cm³/mol. The Labute approximate surface area is 77.2 Å². The Balaban J connectivity index is 2.50. The minimum absolute atomic E-state index is 0.437. The van der Waals surface area contributed by atoms with Crippen LogP contribution in [-0.2, 0) is 14.3 Å². The topological polar surface area (TPSA) is 49.9 Å². The Kier molecular flexibility index (Phi) is 3.25. The highest BCUT2D eigenvalue weighted by Crippen LogP contribution is 1.98. The van der Waals surface area contributed by atoms with Crippen LogP contribution in [0.5, 0.6) is 0 Å². The standard InChI is InChI=1S/C8H14N2O3/c1-9(2)7(11)8(12)10-3-5-13-6-4-10/h3-6H2,1-2H3. The average Bonchev–Trinajstić information content (AvgIpc) is 2.17. The number of hydrogen-bond donors (Lipinski definition) is 0. The molecule has 13 heavy (non-hydrogen) atoms. The van der Waals surface area contributed by atoms with Gasteiger partial charge in [-0.3, -0.25) is 9.59 Å². The highest BCUT2D eigenvalue weighted by molar-refractivity contribution is 6.34. The molecule has 1 rings (SSSR count). The van der Waals surface area contributed by atoms with Gasteiger partial charge in [-0.2, -0.15) is 0 Å². The number of amides is 2. The van der Waals surface area contributed by atoms with Crippen LogP contribution < -0.4 is 0 Å². The van der Waals surface area contributed by atoms with Crippen molar-refractivity contribution in [1.82, 2.24) is 9.80 Å². The summed E-state index contributed by atoms with van der Waals surface area (Å²) in [6.45, 7) is 2.07. The maximum Gasteiger partial charge on any atom is 0.312 e. The van der Waals surface area contributed by atoms with Gasteiger partial charge in [0.25, 0.3) is 0 Å². The number of carbonyl (C=O) groups excluding carboxylic acids is 2. The molecule has 0 atom stereocenters. The molecule has 74 valence electrons. The van der Waals surface area contributed by atoms with Crippen molar-refractivity contribution >= 4 is 11.8 Å². The second-order valence-electron chi connectivity index (χ2n) is 3.10. The Hall–Kier alpha value is -1.10. The number of likely N-dealkylation sites (N-methyl/N-ethyl adjacent to an activating group) is 1. The minimum atomic E-state index is -0.470. The molecule has 0 aromatic rings. The van der Waals surface area contributed by atoms with E-state index in [1.165, 1.54) is 9.80 Å². The monoisotopic (exact) mass is 186 g/mol. The Morgan fingerprint density at radius 2 is 1.77 bits per heavy atom. The van der Waals surface area contributed by atoms with Crippen molar-refractivity contribution < 1.29 is 14.3 Å². The predicted octanol–water partition coefficient (Wildman–Crippen LogP) is -1.07. The molecule has 0 aliphatic carbocycles. The summed E-state index contributed by atoms with van der Waals surface area (Å²) >= 11 is 0. The van der Waals surface area contributed by atoms with E-state index in [4.69, 9.17) is 4.74 Å². The molecule has 0 aromatic heterocycles. The Morgan fingerprint density at radius 3 is 2.23 bits per heavy atom. The van der Waals surface area contributed by atoms with Crippen LogP contribution in [0.1, 0.15) is 0 Å². The lowest BCUT2D eigenvalue weighted by atomic mass is 10.4. The SMILES string of the molecule is CN(C)C(=O)C(=O)N1CCOCC1. The molecule has 0 radical (unpaired) electrons. The van der Waals surface area contributed by atoms with E-state index in [9.17, 15) is 9.59 Å². The van der Waals surface area contributed by atoms with Crippen LogP contribution in [0.25, 0.3) is 0 Å². The van der Waals surface area contributed by atoms with Gasteiger partial charge in [-0.15, -0.1) is 0 Å². The molecule has 2 amide bonds. The van der Waals surface area contributed by atoms with Gasteiger partial charge in [0.05, 0.1) is 13.2 Å². The van der Waals surface area contributed by atoms with Crippen molar-refractivity contribution in [3.8, 4) is 0 Å². The van der Waals surface area contributed by atoms with E-state index in [1.54, 1.807) is 14.1 Å². The van der Waals surface area contributed by atoms with E-state index in [0.29, 0.717) is 26.3 Å². The highest BCUT2D eigenvalue weighted by Gasteiger charge is 2.24. The molecule has 0 aromatic carbocycles. The molecular weight excluding hydrogens is 172 g/mol. The summed E-state index contributed by atoms with van der Waals surface area (Å²) < 4.78 is 5.07. The fourth-order valence-electron chi connectivity index (χ4n) is 1.09. The maximum absolute atomic E-state index is 11.4. The minimum Gasteiger partial charge on any atom is -0.378 e. The van der Waals surface area contributed by atoms with Crippen LogP contribution in [0, 0.1) is 0 Å². The summed E-state index contributed by atoms with van der Waals surface area (Å²) in [5, 5.41) is 0. The summed E-state index contributed by atoms with van der Waals surface area (Å²) in [6.07, 6.45) is 0. The summed E-state index contributed by atoms with van der Waals surface area (Å²) in [4.78, 5) is 25.5. The molecule has 1 heterocycles. The van der Waals surface area contributed by atoms with Crippen molar-refractivity contribution in [3.05, 3.63) is 0 Å². The van der Waals surface area contributed by atoms with Crippen molar-refractivity contribution in [3.63, 3.8) is 0 Å². The van der Waals surface area contributed by atoms with Crippen LogP contribution in [-0.4, -0.2) is 62.0 Å². The lowest BCUT2D eigenvalue weighted by Gasteiger charge is -2.27. The summed E-state index contributed by atoms with van der Waals surface area (Å²) in [6, 6.07) is 0. The number of hydrogen-bond acceptors (Lipinski definition) is 3. The summed E-state index contributed by atoms with van der Waals surface area (Å²) in [5.74, 6) is -0.907. The first-order chi connectivity index (χ1) is 6.13. The van der Waals surface area contributed by atoms with E-state index < -0.39 is 11.8 Å². The van der Waals surface area contributed by atoms with E-state index in [-0.39, 0.29) is 0 Å². The highest BCUT2D eigenvalue weighted by atomic mass is 16.5. The first kappa shape index (κ1) is 9.98. The Bertz CT molecular complexity index is 209. The van der Waals surface area contributed by atoms with Gasteiger partial charge in [-0.05, 0) is 0 Å². The molecule has 5 heteroatoms. The van der Waals surface area contributed by atoms with Crippen molar-refractivity contribution in [1.29, 1.82) is 0 Å². The van der Waals surface area contributed by atoms with Gasteiger partial charge in [-0.1, -0.05) is 0 Å². The zero-order valence-electron chi connectivity index (χ0n) is 7.95. The van der Waals surface area contributed by atoms with Crippen molar-refractivity contribution in [2.24, 2.45) is 0 Å². The number of carbonyl (C=O) groups is 2. The maximum atomic E-state index is 11.4. The third-order valence-electron chi connectivity index (χ3n) is 1.89. The molecule has 0 saturated carbocycles. The Morgan fingerprint density at radius 1 is 1.23 bits per heavy atom. The first-order valence-corrected chi connectivity index (χ1v) is 4.21. The lowest BCUT2D eigenvalue weighted by molar-refractivity contribution is -0.152. The molecule has 5 nitrogen and oxygen atoms in total. The normalized spacial score (nSPS) is 16.9. The lowest BCUT2D eigenvalue weighted by Crippen LogP contribution is -2.47. The van der Waals surface area contributed by atoms with E-state index in [1.807, 2.05) is 0 Å². The number of ether oxygens (including phenoxy) is 1. The largest absolute Gasteiger partial charge is 0.378 e. The first-order valence-electron chi connectivity index (χ1n) is 4.21. The van der Waals surface area contributed by atoms with Crippen molar-refractivity contribution in [2.45, 2.75) is 0 Å². The van der Waals surface area contributed by atoms with Crippen LogP contribution in [0.3, 0.4) is 0 Å². The van der Waals surface area contributed by atoms with Gasteiger partial charge in [0.15, 0.2) is 0 Å². The zero-order chi connectivity index (χ0) is 9.84. The van der Waals surface area contributed by atoms with Crippen LogP contribution in [0.2, 0.25) is 0 Å². The molecular formula is C8H14N2O3. The molecule has 0 N–H and O–H groups in total. The second-order valence-corrected chi connectivity index (χ2v) is 3.10. The van der Waals surface area contributed by atoms with Gasteiger partial charge < -0.3 is 14.5 Å². The number of nitrogens with zero attached hydrogens (tertiary/aromatic N) is 2. The average molecular weight is 186 g/mol. The molecule has 1 fully saturated rings. The molecule has 0 unspecified atom stereocenters. The van der Waals surface area contributed by atoms with Gasteiger partial charge in [0.1, 0.15) is 0 Å². The van der Waals surface area contributed by atoms with Crippen molar-refractivity contribution in [2.75, 3.05) is 40.4 Å². The third-order valence-corrected chi connectivity index (χ3v) is 1.89. The van der Waals surface area contributed by atoms with E-state index in [0.717, 1.165) is 0 Å². The number of morpholine rings is 1. The van der Waals surface area contributed by atoms with Gasteiger partial charge in [0, 0.05) is 27.2 Å². The summed E-state index contributed by atoms with van der Waals surface area (Å²) in [5.41, 5.74) is 0. The fraction of sp³-hybridized carbons (Fsp3) is 0.750. The fourth-order valence-corrected chi connectivity index (χ4v) is 1.09. The zero-order valence-corrected chi connectivity index (χ0v) is 7.95. The second kappa shape index (κ2) is 4.23. The van der Waals surface area contributed by atoms with E-state index in [2.05, 4.69) is 0 Å². The van der Waals surface area contributed by atoms with Gasteiger partial charge >= 0.3 is 11.8 Å². The third kappa shape index (κ3) is 2.42. The van der Waals surface area contributed by atoms with Crippen LogP contribution in [0.15, 0.2) is 0 Å². The van der Waals surface area contributed by atoms with E-state index >= 15 is 0 Å². The smallest absolute Gasteiger partial charge is 0.312 e. The molecule has 1 aliphatic rings. The van der Waals surface area contributed by atoms with Crippen LogP contribution in [0.4, 0.5) is 0 Å². The molecule has 1 aliphatic heterocycles. The molecule has 0 bridgehead atoms.